The van der Waals surface area contributed by atoms with Crippen LogP contribution in [0.25, 0.3) is 0 Å². The molecule has 0 bridgehead atoms. The molecule has 4 nitrogen and oxygen atoms in total. The molecule has 1 aliphatic rings. The van der Waals surface area contributed by atoms with Crippen LogP contribution in [0.1, 0.15) is 53.4 Å². The van der Waals surface area contributed by atoms with Crippen LogP contribution in [0, 0.1) is 11.8 Å². The summed E-state index contributed by atoms with van der Waals surface area (Å²) in [4.78, 5) is 14.5. The smallest absolute Gasteiger partial charge is 0.325 e. The second-order valence-electron chi connectivity index (χ2n) is 6.90. The summed E-state index contributed by atoms with van der Waals surface area (Å²) in [6.45, 7) is 13.1. The zero-order valence-electron chi connectivity index (χ0n) is 14.6. The molecule has 2 atom stereocenters. The molecule has 0 amide bonds. The number of carbonyl (C=O) groups excluding carboxylic acids is 1. The first-order valence-electron chi connectivity index (χ1n) is 8.48. The summed E-state index contributed by atoms with van der Waals surface area (Å²) >= 11 is 0. The van der Waals surface area contributed by atoms with Crippen LogP contribution in [-0.2, 0) is 9.53 Å². The Labute approximate surface area is 130 Å². The van der Waals surface area contributed by atoms with Crippen molar-refractivity contribution < 1.29 is 9.53 Å². The molecule has 0 aliphatic carbocycles. The second-order valence-corrected chi connectivity index (χ2v) is 6.90. The Morgan fingerprint density at radius 1 is 1.43 bits per heavy atom. The average molecular weight is 298 g/mol. The van der Waals surface area contributed by atoms with Crippen molar-refractivity contribution in [2.45, 2.75) is 58.9 Å². The van der Waals surface area contributed by atoms with E-state index < -0.39 is 5.54 Å². The summed E-state index contributed by atoms with van der Waals surface area (Å²) < 4.78 is 4.93. The molecule has 0 radical (unpaired) electrons. The largest absolute Gasteiger partial charge is 0.468 e. The topological polar surface area (TPSA) is 41.6 Å². The Bertz CT molecular complexity index is 320. The molecule has 21 heavy (non-hydrogen) atoms. The Kier molecular flexibility index (Phi) is 7.67. The molecule has 0 spiro atoms. The minimum atomic E-state index is -0.533. The summed E-state index contributed by atoms with van der Waals surface area (Å²) in [5.74, 6) is 1.52. The average Bonchev–Trinajstić information content (AvgIpc) is 2.92. The fraction of sp³-hybridized carbons (Fsp3) is 0.941. The van der Waals surface area contributed by atoms with Gasteiger partial charge in [0.05, 0.1) is 7.11 Å². The van der Waals surface area contributed by atoms with E-state index in [1.807, 2.05) is 13.8 Å². The molecule has 2 unspecified atom stereocenters. The van der Waals surface area contributed by atoms with Crippen molar-refractivity contribution in [3.8, 4) is 0 Å². The van der Waals surface area contributed by atoms with Crippen LogP contribution >= 0.6 is 0 Å². The van der Waals surface area contributed by atoms with Crippen molar-refractivity contribution in [2.24, 2.45) is 11.8 Å². The number of hydrogen-bond acceptors (Lipinski definition) is 4. The van der Waals surface area contributed by atoms with Gasteiger partial charge in [0, 0.05) is 6.54 Å². The van der Waals surface area contributed by atoms with E-state index >= 15 is 0 Å². The number of methoxy groups -OCH3 is 1. The number of likely N-dealkylation sites (tertiary alicyclic amines) is 1. The lowest BCUT2D eigenvalue weighted by molar-refractivity contribution is -0.148. The minimum absolute atomic E-state index is 0.148. The number of esters is 1. The van der Waals surface area contributed by atoms with Gasteiger partial charge in [0.2, 0.25) is 0 Å². The molecule has 1 rings (SSSR count). The molecule has 0 saturated carbocycles. The molecule has 1 saturated heterocycles. The van der Waals surface area contributed by atoms with Gasteiger partial charge >= 0.3 is 5.97 Å². The maximum Gasteiger partial charge on any atom is 0.325 e. The first kappa shape index (κ1) is 18.4. The number of carbonyl (C=O) groups is 1. The van der Waals surface area contributed by atoms with Gasteiger partial charge in [-0.25, -0.2) is 0 Å². The van der Waals surface area contributed by atoms with E-state index in [1.54, 1.807) is 0 Å². The third-order valence-corrected chi connectivity index (χ3v) is 4.86. The molecule has 0 aromatic heterocycles. The van der Waals surface area contributed by atoms with Crippen LogP contribution in [0.15, 0.2) is 0 Å². The van der Waals surface area contributed by atoms with Gasteiger partial charge in [0.15, 0.2) is 0 Å². The van der Waals surface area contributed by atoms with Gasteiger partial charge in [-0.05, 0) is 64.1 Å². The standard InChI is InChI=1S/C17H34N2O2/c1-6-18-17(4,16(20)21-5)10-7-8-11-19-12-9-15(13-19)14(2)3/h14-15,18H,6-13H2,1-5H3. The molecule has 1 fully saturated rings. The lowest BCUT2D eigenvalue weighted by Gasteiger charge is -2.28. The number of unbranched alkanes of at least 4 members (excludes halogenated alkanes) is 1. The Morgan fingerprint density at radius 2 is 2.14 bits per heavy atom. The number of nitrogens with one attached hydrogen (secondary N) is 1. The maximum atomic E-state index is 11.9. The fourth-order valence-electron chi connectivity index (χ4n) is 3.30. The molecule has 4 heteroatoms. The van der Waals surface area contributed by atoms with E-state index in [4.69, 9.17) is 4.74 Å². The van der Waals surface area contributed by atoms with Gasteiger partial charge in [0.25, 0.3) is 0 Å². The third-order valence-electron chi connectivity index (χ3n) is 4.86. The first-order valence-corrected chi connectivity index (χ1v) is 8.48. The number of likely N-dealkylation sites (N-methyl/N-ethyl adjacent to an activating group) is 1. The number of hydrogen-bond donors (Lipinski definition) is 1. The molecular formula is C17H34N2O2. The van der Waals surface area contributed by atoms with Gasteiger partial charge in [-0.2, -0.15) is 0 Å². The van der Waals surface area contributed by atoms with E-state index in [0.717, 1.165) is 44.2 Å². The molecule has 124 valence electrons. The lowest BCUT2D eigenvalue weighted by Crippen LogP contribution is -2.50. The van der Waals surface area contributed by atoms with E-state index in [0.29, 0.717) is 0 Å². The van der Waals surface area contributed by atoms with E-state index in [9.17, 15) is 4.79 Å². The van der Waals surface area contributed by atoms with E-state index in [1.165, 1.54) is 26.6 Å². The summed E-state index contributed by atoms with van der Waals surface area (Å²) in [5, 5.41) is 3.27. The highest BCUT2D eigenvalue weighted by Gasteiger charge is 2.32. The quantitative estimate of drug-likeness (QED) is 0.525. The van der Waals surface area contributed by atoms with Crippen molar-refractivity contribution in [1.82, 2.24) is 10.2 Å². The number of rotatable bonds is 9. The predicted octanol–water partition coefficient (Wildman–Crippen LogP) is 2.68. The first-order chi connectivity index (χ1) is 9.92. The molecule has 0 aromatic rings. The van der Waals surface area contributed by atoms with Crippen LogP contribution < -0.4 is 5.32 Å². The van der Waals surface area contributed by atoms with Gasteiger partial charge in [-0.1, -0.05) is 20.8 Å². The zero-order chi connectivity index (χ0) is 15.9. The lowest BCUT2D eigenvalue weighted by atomic mass is 9.94. The van der Waals surface area contributed by atoms with Crippen LogP contribution in [0.5, 0.6) is 0 Å². The van der Waals surface area contributed by atoms with Crippen molar-refractivity contribution in [3.05, 3.63) is 0 Å². The van der Waals surface area contributed by atoms with E-state index in [-0.39, 0.29) is 5.97 Å². The van der Waals surface area contributed by atoms with Gasteiger partial charge < -0.3 is 15.0 Å². The van der Waals surface area contributed by atoms with Crippen molar-refractivity contribution in [3.63, 3.8) is 0 Å². The molecular weight excluding hydrogens is 264 g/mol. The van der Waals surface area contributed by atoms with Crippen LogP contribution in [0.4, 0.5) is 0 Å². The van der Waals surface area contributed by atoms with Crippen molar-refractivity contribution in [1.29, 1.82) is 0 Å². The van der Waals surface area contributed by atoms with Crippen molar-refractivity contribution in [2.75, 3.05) is 33.3 Å². The highest BCUT2D eigenvalue weighted by molar-refractivity contribution is 5.80. The zero-order valence-corrected chi connectivity index (χ0v) is 14.6. The summed E-state index contributed by atoms with van der Waals surface area (Å²) in [7, 11) is 1.47. The Hall–Kier alpha value is -0.610. The summed E-state index contributed by atoms with van der Waals surface area (Å²) in [6, 6.07) is 0. The fourth-order valence-corrected chi connectivity index (χ4v) is 3.30. The number of nitrogens with zero attached hydrogens (tertiary/aromatic N) is 1. The molecule has 0 aromatic carbocycles. The number of ether oxygens (including phenoxy) is 1. The van der Waals surface area contributed by atoms with Crippen LogP contribution in [0.2, 0.25) is 0 Å². The summed E-state index contributed by atoms with van der Waals surface area (Å²) in [5.41, 5.74) is -0.533. The molecule has 1 heterocycles. The normalized spacial score (nSPS) is 22.5. The highest BCUT2D eigenvalue weighted by atomic mass is 16.5. The van der Waals surface area contributed by atoms with Gasteiger partial charge in [-0.3, -0.25) is 4.79 Å². The second kappa shape index (κ2) is 8.74. The monoisotopic (exact) mass is 298 g/mol. The van der Waals surface area contributed by atoms with Gasteiger partial charge in [0.1, 0.15) is 5.54 Å². The Balaban J connectivity index is 2.27. The minimum Gasteiger partial charge on any atom is -0.468 e. The maximum absolute atomic E-state index is 11.9. The highest BCUT2D eigenvalue weighted by Crippen LogP contribution is 2.24. The summed E-state index contributed by atoms with van der Waals surface area (Å²) in [6.07, 6.45) is 4.40. The SMILES string of the molecule is CCNC(C)(CCCCN1CCC(C(C)C)C1)C(=O)OC. The van der Waals surface area contributed by atoms with Crippen molar-refractivity contribution >= 4 is 5.97 Å². The van der Waals surface area contributed by atoms with Gasteiger partial charge in [-0.15, -0.1) is 0 Å². The van der Waals surface area contributed by atoms with Crippen LogP contribution in [-0.4, -0.2) is 49.7 Å². The van der Waals surface area contributed by atoms with E-state index in [2.05, 4.69) is 24.1 Å². The molecule has 1 N–H and O–H groups in total. The van der Waals surface area contributed by atoms with Crippen LogP contribution in [0.3, 0.4) is 0 Å². The Morgan fingerprint density at radius 3 is 2.67 bits per heavy atom. The predicted molar refractivity (Wildman–Crippen MR) is 87.3 cm³/mol. The third kappa shape index (κ3) is 5.59. The molecule has 1 aliphatic heterocycles.